The van der Waals surface area contributed by atoms with Gasteiger partial charge in [-0.25, -0.2) is 0 Å². The summed E-state index contributed by atoms with van der Waals surface area (Å²) in [6.07, 6.45) is 2.81. The van der Waals surface area contributed by atoms with Crippen LogP contribution in [0.3, 0.4) is 0 Å². The minimum absolute atomic E-state index is 0.111. The van der Waals surface area contributed by atoms with Gasteiger partial charge in [0, 0.05) is 25.2 Å². The molecule has 1 aliphatic carbocycles. The smallest absolute Gasteiger partial charge is 0.0558 e. The predicted octanol–water partition coefficient (Wildman–Crippen LogP) is 3.63. The number of nitrogens with zero attached hydrogens (tertiary/aromatic N) is 1. The summed E-state index contributed by atoms with van der Waals surface area (Å²) in [6, 6.07) is 11.0. The Hall–Kier alpha value is -0.860. The average Bonchev–Trinajstić information content (AvgIpc) is 3.29. The Morgan fingerprint density at radius 3 is 2.43 bits per heavy atom. The van der Waals surface area contributed by atoms with E-state index in [1.54, 1.807) is 0 Å². The van der Waals surface area contributed by atoms with Gasteiger partial charge in [-0.05, 0) is 44.1 Å². The van der Waals surface area contributed by atoms with Crippen LogP contribution in [0.1, 0.15) is 46.1 Å². The van der Waals surface area contributed by atoms with E-state index in [1.807, 2.05) is 0 Å². The van der Waals surface area contributed by atoms with Crippen molar-refractivity contribution in [1.29, 1.82) is 0 Å². The summed E-state index contributed by atoms with van der Waals surface area (Å²) in [5.74, 6) is 1.59. The molecule has 1 aromatic rings. The number of piperazine rings is 1. The zero-order chi connectivity index (χ0) is 15.1. The van der Waals surface area contributed by atoms with Gasteiger partial charge in [0.25, 0.3) is 0 Å². The van der Waals surface area contributed by atoms with Crippen molar-refractivity contribution in [2.75, 3.05) is 19.6 Å². The maximum Gasteiger partial charge on any atom is 0.0558 e. The van der Waals surface area contributed by atoms with Gasteiger partial charge in [-0.3, -0.25) is 4.90 Å². The van der Waals surface area contributed by atoms with Crippen molar-refractivity contribution >= 4 is 0 Å². The van der Waals surface area contributed by atoms with Gasteiger partial charge in [0.1, 0.15) is 0 Å². The Morgan fingerprint density at radius 1 is 1.19 bits per heavy atom. The van der Waals surface area contributed by atoms with Crippen LogP contribution in [0.2, 0.25) is 0 Å². The highest BCUT2D eigenvalue weighted by Gasteiger charge is 2.49. The Morgan fingerprint density at radius 2 is 1.86 bits per heavy atom. The van der Waals surface area contributed by atoms with Gasteiger partial charge in [0.15, 0.2) is 0 Å². The number of rotatable bonds is 4. The summed E-state index contributed by atoms with van der Waals surface area (Å²) >= 11 is 0. The van der Waals surface area contributed by atoms with Crippen molar-refractivity contribution in [3.63, 3.8) is 0 Å². The summed E-state index contributed by atoms with van der Waals surface area (Å²) in [7, 11) is 0. The van der Waals surface area contributed by atoms with Crippen LogP contribution in [-0.4, -0.2) is 30.1 Å². The molecule has 1 N–H and O–H groups in total. The molecule has 2 aliphatic rings. The lowest BCUT2D eigenvalue weighted by molar-refractivity contribution is 0.00212. The Balaban J connectivity index is 1.88. The lowest BCUT2D eigenvalue weighted by atomic mass is 9.81. The van der Waals surface area contributed by atoms with E-state index >= 15 is 0 Å². The maximum atomic E-state index is 3.91. The molecule has 2 unspecified atom stereocenters. The van der Waals surface area contributed by atoms with E-state index in [1.165, 1.54) is 31.5 Å². The van der Waals surface area contributed by atoms with E-state index in [0.717, 1.165) is 12.5 Å². The molecule has 21 heavy (non-hydrogen) atoms. The SMILES string of the molecule is CC(C)CN1CC(C)(C2CC2)NCC1(C)c1ccccc1. The van der Waals surface area contributed by atoms with E-state index in [4.69, 9.17) is 0 Å². The first-order valence-electron chi connectivity index (χ1n) is 8.50. The highest BCUT2D eigenvalue weighted by atomic mass is 15.3. The third-order valence-corrected chi connectivity index (χ3v) is 5.51. The summed E-state index contributed by atoms with van der Waals surface area (Å²) in [5, 5.41) is 3.91. The second-order valence-corrected chi connectivity index (χ2v) is 7.96. The van der Waals surface area contributed by atoms with Crippen LogP contribution in [0.5, 0.6) is 0 Å². The molecular weight excluding hydrogens is 256 g/mol. The van der Waals surface area contributed by atoms with Crippen molar-refractivity contribution in [2.45, 2.75) is 51.6 Å². The van der Waals surface area contributed by atoms with Gasteiger partial charge in [-0.2, -0.15) is 0 Å². The van der Waals surface area contributed by atoms with Gasteiger partial charge >= 0.3 is 0 Å². The molecule has 3 rings (SSSR count). The fraction of sp³-hybridized carbons (Fsp3) is 0.684. The molecule has 2 atom stereocenters. The zero-order valence-corrected chi connectivity index (χ0v) is 14.0. The molecular formula is C19H30N2. The van der Waals surface area contributed by atoms with E-state index in [9.17, 15) is 0 Å². The molecule has 0 bridgehead atoms. The van der Waals surface area contributed by atoms with Crippen LogP contribution in [0.25, 0.3) is 0 Å². The van der Waals surface area contributed by atoms with Crippen LogP contribution in [-0.2, 0) is 5.54 Å². The number of hydrogen-bond acceptors (Lipinski definition) is 2. The van der Waals surface area contributed by atoms with Crippen molar-refractivity contribution in [3.05, 3.63) is 35.9 Å². The molecule has 0 spiro atoms. The molecule has 2 nitrogen and oxygen atoms in total. The third-order valence-electron chi connectivity index (χ3n) is 5.51. The molecule has 1 saturated heterocycles. The Kier molecular flexibility index (Phi) is 3.87. The standard InChI is InChI=1S/C19H30N2/c1-15(2)12-21-14-18(3,16-10-11-16)20-13-19(21,4)17-8-6-5-7-9-17/h5-9,15-16,20H,10-14H2,1-4H3. The summed E-state index contributed by atoms with van der Waals surface area (Å²) in [5.41, 5.74) is 1.86. The third kappa shape index (κ3) is 2.89. The molecule has 116 valence electrons. The zero-order valence-electron chi connectivity index (χ0n) is 14.0. The van der Waals surface area contributed by atoms with Crippen LogP contribution < -0.4 is 5.32 Å². The first-order chi connectivity index (χ1) is 9.94. The minimum Gasteiger partial charge on any atom is -0.308 e. The molecule has 0 amide bonds. The molecule has 1 heterocycles. The largest absolute Gasteiger partial charge is 0.308 e. The fourth-order valence-electron chi connectivity index (χ4n) is 3.90. The fourth-order valence-corrected chi connectivity index (χ4v) is 3.90. The van der Waals surface area contributed by atoms with Gasteiger partial charge in [-0.15, -0.1) is 0 Å². The first kappa shape index (κ1) is 15.1. The highest BCUT2D eigenvalue weighted by Crippen LogP contribution is 2.44. The summed E-state index contributed by atoms with van der Waals surface area (Å²) in [4.78, 5) is 2.74. The van der Waals surface area contributed by atoms with Crippen LogP contribution in [0.4, 0.5) is 0 Å². The number of hydrogen-bond donors (Lipinski definition) is 1. The van der Waals surface area contributed by atoms with Gasteiger partial charge in [0.05, 0.1) is 5.54 Å². The molecule has 1 aromatic carbocycles. The van der Waals surface area contributed by atoms with Crippen molar-refractivity contribution in [2.24, 2.45) is 11.8 Å². The maximum absolute atomic E-state index is 3.91. The van der Waals surface area contributed by atoms with E-state index in [0.29, 0.717) is 11.5 Å². The van der Waals surface area contributed by atoms with Crippen molar-refractivity contribution < 1.29 is 0 Å². The van der Waals surface area contributed by atoms with Crippen molar-refractivity contribution in [3.8, 4) is 0 Å². The average molecular weight is 286 g/mol. The Labute approximate surface area is 129 Å². The molecule has 0 radical (unpaired) electrons. The Bertz CT molecular complexity index is 480. The quantitative estimate of drug-likeness (QED) is 0.909. The summed E-state index contributed by atoms with van der Waals surface area (Å²) in [6.45, 7) is 12.9. The van der Waals surface area contributed by atoms with Gasteiger partial charge < -0.3 is 5.32 Å². The number of benzene rings is 1. The lowest BCUT2D eigenvalue weighted by Crippen LogP contribution is -2.67. The van der Waals surface area contributed by atoms with Crippen LogP contribution in [0.15, 0.2) is 30.3 Å². The van der Waals surface area contributed by atoms with Crippen LogP contribution >= 0.6 is 0 Å². The van der Waals surface area contributed by atoms with E-state index < -0.39 is 0 Å². The highest BCUT2D eigenvalue weighted by molar-refractivity contribution is 5.26. The van der Waals surface area contributed by atoms with Gasteiger partial charge in [-0.1, -0.05) is 44.2 Å². The number of nitrogens with one attached hydrogen (secondary N) is 1. The van der Waals surface area contributed by atoms with Crippen molar-refractivity contribution in [1.82, 2.24) is 10.2 Å². The molecule has 1 saturated carbocycles. The first-order valence-corrected chi connectivity index (χ1v) is 8.50. The predicted molar refractivity (Wildman–Crippen MR) is 89.3 cm³/mol. The lowest BCUT2D eigenvalue weighted by Gasteiger charge is -2.53. The second kappa shape index (κ2) is 5.40. The minimum atomic E-state index is 0.111. The molecule has 2 heteroatoms. The molecule has 1 aliphatic heterocycles. The topological polar surface area (TPSA) is 15.3 Å². The van der Waals surface area contributed by atoms with E-state index in [2.05, 4.69) is 68.2 Å². The second-order valence-electron chi connectivity index (χ2n) is 7.96. The monoisotopic (exact) mass is 286 g/mol. The van der Waals surface area contributed by atoms with Gasteiger partial charge in [0.2, 0.25) is 0 Å². The van der Waals surface area contributed by atoms with Crippen LogP contribution in [0, 0.1) is 11.8 Å². The normalized spacial score (nSPS) is 34.3. The molecule has 0 aromatic heterocycles. The van der Waals surface area contributed by atoms with E-state index in [-0.39, 0.29) is 5.54 Å². The molecule has 2 fully saturated rings. The summed E-state index contributed by atoms with van der Waals surface area (Å²) < 4.78 is 0.